The fourth-order valence-corrected chi connectivity index (χ4v) is 3.12. The van der Waals surface area contributed by atoms with Crippen LogP contribution in [0.25, 0.3) is 5.69 Å². The van der Waals surface area contributed by atoms with Gasteiger partial charge in [-0.2, -0.15) is 9.90 Å². The van der Waals surface area contributed by atoms with Crippen LogP contribution in [0.3, 0.4) is 0 Å². The number of carbonyl (C=O) groups excluding carboxylic acids is 3. The van der Waals surface area contributed by atoms with Gasteiger partial charge in [0.25, 0.3) is 17.7 Å². The van der Waals surface area contributed by atoms with Crippen molar-refractivity contribution >= 4 is 35.0 Å². The number of aryl methyl sites for hydroxylation is 1. The van der Waals surface area contributed by atoms with Crippen molar-refractivity contribution in [3.05, 3.63) is 70.0 Å². The Morgan fingerprint density at radius 1 is 1.04 bits per heavy atom. The molecule has 0 bridgehead atoms. The SMILES string of the molecule is Cc1nn(-c2cccc(Cl)c2)nc1C(=O)Nc1ccc2c(c1)C(=O)N(C)C2=O. The van der Waals surface area contributed by atoms with Crippen molar-refractivity contribution in [1.82, 2.24) is 19.9 Å². The van der Waals surface area contributed by atoms with E-state index in [1.165, 1.54) is 24.0 Å². The molecule has 1 aromatic heterocycles. The zero-order valence-corrected chi connectivity index (χ0v) is 15.7. The zero-order valence-electron chi connectivity index (χ0n) is 14.9. The molecule has 0 spiro atoms. The molecule has 0 saturated carbocycles. The average molecular weight is 396 g/mol. The first kappa shape index (κ1) is 17.9. The summed E-state index contributed by atoms with van der Waals surface area (Å²) in [6.07, 6.45) is 0. The second kappa shape index (κ2) is 6.58. The molecule has 1 aliphatic rings. The molecule has 140 valence electrons. The molecule has 0 unspecified atom stereocenters. The quantitative estimate of drug-likeness (QED) is 0.688. The second-order valence-corrected chi connectivity index (χ2v) is 6.72. The van der Waals surface area contributed by atoms with E-state index in [9.17, 15) is 14.4 Å². The van der Waals surface area contributed by atoms with E-state index in [-0.39, 0.29) is 17.2 Å². The molecule has 3 amide bonds. The largest absolute Gasteiger partial charge is 0.321 e. The molecule has 0 fully saturated rings. The third-order valence-electron chi connectivity index (χ3n) is 4.38. The highest BCUT2D eigenvalue weighted by molar-refractivity contribution is 6.30. The van der Waals surface area contributed by atoms with Crippen molar-refractivity contribution in [1.29, 1.82) is 0 Å². The summed E-state index contributed by atoms with van der Waals surface area (Å²) in [5.74, 6) is -1.24. The average Bonchev–Trinajstić information content (AvgIpc) is 3.16. The number of amides is 3. The van der Waals surface area contributed by atoms with E-state index < -0.39 is 11.8 Å². The third kappa shape index (κ3) is 2.93. The van der Waals surface area contributed by atoms with Gasteiger partial charge in [-0.25, -0.2) is 0 Å². The number of halogens is 1. The maximum atomic E-state index is 12.6. The Morgan fingerprint density at radius 3 is 2.54 bits per heavy atom. The molecular weight excluding hydrogens is 382 g/mol. The van der Waals surface area contributed by atoms with Crippen molar-refractivity contribution in [3.63, 3.8) is 0 Å². The van der Waals surface area contributed by atoms with Gasteiger partial charge in [-0.05, 0) is 43.3 Å². The Labute approximate surface area is 164 Å². The summed E-state index contributed by atoms with van der Waals surface area (Å²) < 4.78 is 0. The van der Waals surface area contributed by atoms with Crippen LogP contribution in [0.4, 0.5) is 5.69 Å². The minimum absolute atomic E-state index is 0.139. The van der Waals surface area contributed by atoms with E-state index in [0.29, 0.717) is 27.7 Å². The van der Waals surface area contributed by atoms with E-state index >= 15 is 0 Å². The number of rotatable bonds is 3. The lowest BCUT2D eigenvalue weighted by atomic mass is 10.1. The first-order chi connectivity index (χ1) is 13.3. The predicted octanol–water partition coefficient (Wildman–Crippen LogP) is 2.71. The molecule has 0 saturated heterocycles. The van der Waals surface area contributed by atoms with Crippen LogP contribution in [0.1, 0.15) is 36.9 Å². The van der Waals surface area contributed by atoms with Crippen molar-refractivity contribution < 1.29 is 14.4 Å². The summed E-state index contributed by atoms with van der Waals surface area (Å²) in [4.78, 5) is 39.1. The molecule has 4 rings (SSSR count). The summed E-state index contributed by atoms with van der Waals surface area (Å²) in [5.41, 5.74) is 2.15. The number of fused-ring (bicyclic) bond motifs is 1. The molecule has 2 aromatic carbocycles. The number of carbonyl (C=O) groups is 3. The number of benzene rings is 2. The lowest BCUT2D eigenvalue weighted by Gasteiger charge is -2.05. The maximum Gasteiger partial charge on any atom is 0.278 e. The Hall–Kier alpha value is -3.52. The molecule has 0 radical (unpaired) electrons. The van der Waals surface area contributed by atoms with Gasteiger partial charge in [-0.15, -0.1) is 5.10 Å². The predicted molar refractivity (Wildman–Crippen MR) is 102 cm³/mol. The van der Waals surface area contributed by atoms with Gasteiger partial charge in [-0.1, -0.05) is 17.7 Å². The molecule has 28 heavy (non-hydrogen) atoms. The first-order valence-corrected chi connectivity index (χ1v) is 8.70. The van der Waals surface area contributed by atoms with Crippen LogP contribution in [0, 0.1) is 6.92 Å². The number of nitrogens with zero attached hydrogens (tertiary/aromatic N) is 4. The Kier molecular flexibility index (Phi) is 4.20. The van der Waals surface area contributed by atoms with Gasteiger partial charge in [0.15, 0.2) is 5.69 Å². The van der Waals surface area contributed by atoms with Crippen LogP contribution in [0.2, 0.25) is 5.02 Å². The Morgan fingerprint density at radius 2 is 1.79 bits per heavy atom. The zero-order chi connectivity index (χ0) is 20.0. The van der Waals surface area contributed by atoms with E-state index in [0.717, 1.165) is 4.90 Å². The summed E-state index contributed by atoms with van der Waals surface area (Å²) in [5, 5.41) is 11.7. The van der Waals surface area contributed by atoms with Crippen molar-refractivity contribution in [3.8, 4) is 5.69 Å². The monoisotopic (exact) mass is 395 g/mol. The number of aromatic nitrogens is 3. The fourth-order valence-electron chi connectivity index (χ4n) is 2.93. The molecule has 9 heteroatoms. The van der Waals surface area contributed by atoms with Crippen LogP contribution in [-0.2, 0) is 0 Å². The number of anilines is 1. The second-order valence-electron chi connectivity index (χ2n) is 6.29. The third-order valence-corrected chi connectivity index (χ3v) is 4.62. The molecule has 8 nitrogen and oxygen atoms in total. The molecule has 1 N–H and O–H groups in total. The lowest BCUT2D eigenvalue weighted by molar-refractivity contribution is 0.0692. The highest BCUT2D eigenvalue weighted by Crippen LogP contribution is 2.25. The number of nitrogens with one attached hydrogen (secondary N) is 1. The lowest BCUT2D eigenvalue weighted by Crippen LogP contribution is -2.24. The molecular formula is C19H14ClN5O3. The highest BCUT2D eigenvalue weighted by atomic mass is 35.5. The van der Waals surface area contributed by atoms with Gasteiger partial charge in [0.2, 0.25) is 0 Å². The topological polar surface area (TPSA) is 97.2 Å². The van der Waals surface area contributed by atoms with E-state index in [1.807, 2.05) is 0 Å². The first-order valence-electron chi connectivity index (χ1n) is 8.33. The molecule has 1 aliphatic heterocycles. The summed E-state index contributed by atoms with van der Waals surface area (Å²) in [6, 6.07) is 11.5. The number of imide groups is 1. The Balaban J connectivity index is 1.60. The standard InChI is InChI=1S/C19H14ClN5O3/c1-10-16(23-25(22-10)13-5-3-4-11(20)8-13)17(26)21-12-6-7-14-15(9-12)19(28)24(2)18(14)27/h3-9H,1-2H3,(H,21,26). The van der Waals surface area contributed by atoms with Crippen LogP contribution >= 0.6 is 11.6 Å². The minimum Gasteiger partial charge on any atom is -0.321 e. The fraction of sp³-hybridized carbons (Fsp3) is 0.105. The van der Waals surface area contributed by atoms with Gasteiger partial charge < -0.3 is 5.32 Å². The molecule has 0 aliphatic carbocycles. The van der Waals surface area contributed by atoms with Gasteiger partial charge >= 0.3 is 0 Å². The number of hydrogen-bond donors (Lipinski definition) is 1. The van der Waals surface area contributed by atoms with Crippen LogP contribution < -0.4 is 5.32 Å². The summed E-state index contributed by atoms with van der Waals surface area (Å²) in [6.45, 7) is 1.67. The van der Waals surface area contributed by atoms with Gasteiger partial charge in [0.05, 0.1) is 22.5 Å². The van der Waals surface area contributed by atoms with E-state index in [4.69, 9.17) is 11.6 Å². The van der Waals surface area contributed by atoms with Crippen molar-refractivity contribution in [2.24, 2.45) is 0 Å². The normalized spacial score (nSPS) is 13.0. The van der Waals surface area contributed by atoms with Crippen LogP contribution in [-0.4, -0.2) is 44.7 Å². The highest BCUT2D eigenvalue weighted by Gasteiger charge is 2.32. The van der Waals surface area contributed by atoms with Gasteiger partial charge in [-0.3, -0.25) is 19.3 Å². The molecule has 0 atom stereocenters. The smallest absolute Gasteiger partial charge is 0.278 e. The van der Waals surface area contributed by atoms with Crippen LogP contribution in [0.15, 0.2) is 42.5 Å². The van der Waals surface area contributed by atoms with Crippen molar-refractivity contribution in [2.75, 3.05) is 12.4 Å². The molecule has 2 heterocycles. The maximum absolute atomic E-state index is 12.6. The van der Waals surface area contributed by atoms with Gasteiger partial charge in [0.1, 0.15) is 0 Å². The van der Waals surface area contributed by atoms with Crippen molar-refractivity contribution in [2.45, 2.75) is 6.92 Å². The summed E-state index contributed by atoms with van der Waals surface area (Å²) in [7, 11) is 1.42. The Bertz CT molecular complexity index is 1150. The number of hydrogen-bond acceptors (Lipinski definition) is 5. The van der Waals surface area contributed by atoms with E-state index in [2.05, 4.69) is 15.5 Å². The molecule has 3 aromatic rings. The van der Waals surface area contributed by atoms with Gasteiger partial charge in [0, 0.05) is 17.8 Å². The van der Waals surface area contributed by atoms with Crippen LogP contribution in [0.5, 0.6) is 0 Å². The summed E-state index contributed by atoms with van der Waals surface area (Å²) >= 11 is 5.99. The van der Waals surface area contributed by atoms with E-state index in [1.54, 1.807) is 37.3 Å². The minimum atomic E-state index is -0.476.